The van der Waals surface area contributed by atoms with Crippen molar-refractivity contribution >= 4 is 0 Å². The van der Waals surface area contributed by atoms with Gasteiger partial charge in [-0.25, -0.2) is 9.97 Å². The van der Waals surface area contributed by atoms with Crippen molar-refractivity contribution in [3.05, 3.63) is 22.8 Å². The molecule has 4 heteroatoms. The topological polar surface area (TPSA) is 47.0 Å². The molecular formula is C12H17N3O. The third-order valence-electron chi connectivity index (χ3n) is 3.42. The summed E-state index contributed by atoms with van der Waals surface area (Å²) < 4.78 is 5.40. The maximum absolute atomic E-state index is 5.40. The molecule has 0 aromatic carbocycles. The fourth-order valence-electron chi connectivity index (χ4n) is 2.52. The summed E-state index contributed by atoms with van der Waals surface area (Å²) in [6, 6.07) is 0.569. The second-order valence-corrected chi connectivity index (χ2v) is 4.64. The number of hydrogen-bond acceptors (Lipinski definition) is 4. The minimum atomic E-state index is 0.569. The largest absolute Gasteiger partial charge is 0.370 e. The van der Waals surface area contributed by atoms with E-state index in [2.05, 4.69) is 22.2 Å². The van der Waals surface area contributed by atoms with Crippen molar-refractivity contribution in [3.8, 4) is 0 Å². The van der Waals surface area contributed by atoms with Crippen molar-refractivity contribution in [2.45, 2.75) is 45.4 Å². The summed E-state index contributed by atoms with van der Waals surface area (Å²) in [5, 5.41) is 3.48. The van der Waals surface area contributed by atoms with Crippen molar-refractivity contribution in [1.82, 2.24) is 15.3 Å². The molecule has 2 aliphatic heterocycles. The molecule has 0 amide bonds. The maximum Gasteiger partial charge on any atom is 0.130 e. The van der Waals surface area contributed by atoms with Gasteiger partial charge >= 0.3 is 0 Å². The second-order valence-electron chi connectivity index (χ2n) is 4.64. The van der Waals surface area contributed by atoms with Crippen molar-refractivity contribution in [2.24, 2.45) is 0 Å². The average molecular weight is 219 g/mol. The average Bonchev–Trinajstić information content (AvgIpc) is 2.87. The van der Waals surface area contributed by atoms with E-state index in [1.807, 2.05) is 0 Å². The van der Waals surface area contributed by atoms with Crippen LogP contribution in [0.25, 0.3) is 0 Å². The second kappa shape index (κ2) is 4.11. The summed E-state index contributed by atoms with van der Waals surface area (Å²) in [5.41, 5.74) is 3.39. The van der Waals surface area contributed by atoms with Crippen LogP contribution in [0.4, 0.5) is 0 Å². The van der Waals surface area contributed by atoms with Gasteiger partial charge in [0.25, 0.3) is 0 Å². The van der Waals surface area contributed by atoms with Gasteiger partial charge in [-0.15, -0.1) is 0 Å². The molecule has 0 spiro atoms. The van der Waals surface area contributed by atoms with Crippen molar-refractivity contribution in [1.29, 1.82) is 0 Å². The van der Waals surface area contributed by atoms with Gasteiger partial charge < -0.3 is 10.1 Å². The zero-order valence-corrected chi connectivity index (χ0v) is 9.62. The highest BCUT2D eigenvalue weighted by Gasteiger charge is 2.20. The van der Waals surface area contributed by atoms with Gasteiger partial charge in [0, 0.05) is 23.7 Å². The molecule has 1 aromatic heterocycles. The predicted octanol–water partition coefficient (Wildman–Crippen LogP) is 1.11. The van der Waals surface area contributed by atoms with E-state index in [1.54, 1.807) is 0 Å². The van der Waals surface area contributed by atoms with Gasteiger partial charge in [0.2, 0.25) is 0 Å². The predicted molar refractivity (Wildman–Crippen MR) is 60.0 cm³/mol. The quantitative estimate of drug-likeness (QED) is 0.809. The highest BCUT2D eigenvalue weighted by molar-refractivity contribution is 5.26. The Hall–Kier alpha value is -1.00. The molecule has 0 bridgehead atoms. The third kappa shape index (κ3) is 1.83. The maximum atomic E-state index is 5.40. The lowest BCUT2D eigenvalue weighted by atomic mass is 10.1. The highest BCUT2D eigenvalue weighted by atomic mass is 16.5. The van der Waals surface area contributed by atoms with Crippen molar-refractivity contribution in [3.63, 3.8) is 0 Å². The first kappa shape index (κ1) is 10.2. The van der Waals surface area contributed by atoms with Gasteiger partial charge in [-0.2, -0.15) is 0 Å². The number of rotatable bonds is 2. The SMILES string of the molecule is Cc1nc(CC2CCCN2)nc2c1COC2. The molecule has 3 rings (SSSR count). The fourth-order valence-corrected chi connectivity index (χ4v) is 2.52. The van der Waals surface area contributed by atoms with Gasteiger partial charge in [0.05, 0.1) is 18.9 Å². The molecule has 1 saturated heterocycles. The Labute approximate surface area is 95.4 Å². The third-order valence-corrected chi connectivity index (χ3v) is 3.42. The molecule has 1 aromatic rings. The Balaban J connectivity index is 1.82. The van der Waals surface area contributed by atoms with Crippen LogP contribution in [0.5, 0.6) is 0 Å². The molecule has 1 atom stereocenters. The molecule has 0 aliphatic carbocycles. The Morgan fingerprint density at radius 2 is 2.31 bits per heavy atom. The van der Waals surface area contributed by atoms with Gasteiger partial charge in [0.1, 0.15) is 5.82 Å². The van der Waals surface area contributed by atoms with E-state index in [4.69, 9.17) is 4.74 Å². The Morgan fingerprint density at radius 1 is 1.38 bits per heavy atom. The number of aryl methyl sites for hydroxylation is 1. The summed E-state index contributed by atoms with van der Waals surface area (Å²) in [4.78, 5) is 9.18. The van der Waals surface area contributed by atoms with Crippen LogP contribution in [-0.2, 0) is 24.4 Å². The molecule has 0 radical (unpaired) electrons. The molecule has 2 aliphatic rings. The van der Waals surface area contributed by atoms with E-state index in [1.165, 1.54) is 18.4 Å². The summed E-state index contributed by atoms with van der Waals surface area (Å²) in [5.74, 6) is 0.973. The van der Waals surface area contributed by atoms with Crippen LogP contribution in [0.2, 0.25) is 0 Å². The lowest BCUT2D eigenvalue weighted by Gasteiger charge is -2.10. The Morgan fingerprint density at radius 3 is 3.12 bits per heavy atom. The van der Waals surface area contributed by atoms with E-state index in [0.29, 0.717) is 19.3 Å². The zero-order valence-electron chi connectivity index (χ0n) is 9.62. The first-order chi connectivity index (χ1) is 7.83. The summed E-state index contributed by atoms with van der Waals surface area (Å²) in [7, 11) is 0. The zero-order chi connectivity index (χ0) is 11.0. The molecule has 16 heavy (non-hydrogen) atoms. The van der Waals surface area contributed by atoms with Gasteiger partial charge in [-0.3, -0.25) is 0 Å². The van der Waals surface area contributed by atoms with Crippen LogP contribution in [0.3, 0.4) is 0 Å². The molecule has 3 heterocycles. The minimum Gasteiger partial charge on any atom is -0.370 e. The van der Waals surface area contributed by atoms with E-state index in [-0.39, 0.29) is 0 Å². The summed E-state index contributed by atoms with van der Waals surface area (Å²) >= 11 is 0. The lowest BCUT2D eigenvalue weighted by molar-refractivity contribution is 0.133. The van der Waals surface area contributed by atoms with E-state index < -0.39 is 0 Å². The molecule has 0 saturated carbocycles. The van der Waals surface area contributed by atoms with Gasteiger partial charge in [-0.05, 0) is 26.3 Å². The normalized spacial score (nSPS) is 23.7. The van der Waals surface area contributed by atoms with Crippen molar-refractivity contribution < 1.29 is 4.74 Å². The summed E-state index contributed by atoms with van der Waals surface area (Å²) in [6.07, 6.45) is 3.47. The monoisotopic (exact) mass is 219 g/mol. The minimum absolute atomic E-state index is 0.569. The molecule has 1 fully saturated rings. The number of hydrogen-bond donors (Lipinski definition) is 1. The number of fused-ring (bicyclic) bond motifs is 1. The smallest absolute Gasteiger partial charge is 0.130 e. The molecule has 1 unspecified atom stereocenters. The summed E-state index contributed by atoms with van der Waals surface area (Å²) in [6.45, 7) is 4.53. The van der Waals surface area contributed by atoms with Crippen LogP contribution in [-0.4, -0.2) is 22.6 Å². The van der Waals surface area contributed by atoms with Crippen LogP contribution < -0.4 is 5.32 Å². The number of nitrogens with one attached hydrogen (secondary N) is 1. The van der Waals surface area contributed by atoms with Crippen LogP contribution >= 0.6 is 0 Å². The molecule has 4 nitrogen and oxygen atoms in total. The number of aromatic nitrogens is 2. The lowest BCUT2D eigenvalue weighted by Crippen LogP contribution is -2.25. The van der Waals surface area contributed by atoms with Crippen LogP contribution in [0, 0.1) is 6.92 Å². The first-order valence-electron chi connectivity index (χ1n) is 5.99. The van der Waals surface area contributed by atoms with Crippen molar-refractivity contribution in [2.75, 3.05) is 6.54 Å². The fraction of sp³-hybridized carbons (Fsp3) is 0.667. The number of ether oxygens (including phenoxy) is 1. The molecule has 86 valence electrons. The first-order valence-corrected chi connectivity index (χ1v) is 5.99. The Bertz CT molecular complexity index is 399. The molecule has 1 N–H and O–H groups in total. The number of nitrogens with zero attached hydrogens (tertiary/aromatic N) is 2. The van der Waals surface area contributed by atoms with E-state index in [0.717, 1.165) is 30.2 Å². The Kier molecular flexibility index (Phi) is 2.61. The standard InChI is InChI=1S/C12H17N3O/c1-8-10-6-16-7-11(10)15-12(14-8)5-9-3-2-4-13-9/h9,13H,2-7H2,1H3. The van der Waals surface area contributed by atoms with E-state index >= 15 is 0 Å². The van der Waals surface area contributed by atoms with Crippen LogP contribution in [0.1, 0.15) is 35.6 Å². The van der Waals surface area contributed by atoms with Gasteiger partial charge in [-0.1, -0.05) is 0 Å². The van der Waals surface area contributed by atoms with Crippen LogP contribution in [0.15, 0.2) is 0 Å². The van der Waals surface area contributed by atoms with E-state index in [9.17, 15) is 0 Å². The highest BCUT2D eigenvalue weighted by Crippen LogP contribution is 2.21. The molecular weight excluding hydrogens is 202 g/mol. The van der Waals surface area contributed by atoms with Gasteiger partial charge in [0.15, 0.2) is 0 Å².